The summed E-state index contributed by atoms with van der Waals surface area (Å²) in [6.07, 6.45) is 1.62. The van der Waals surface area contributed by atoms with Gasteiger partial charge in [-0.1, -0.05) is 0 Å². The zero-order chi connectivity index (χ0) is 20.1. The topological polar surface area (TPSA) is 82.8 Å². The second-order valence-electron chi connectivity index (χ2n) is 7.79. The van der Waals surface area contributed by atoms with E-state index in [0.717, 1.165) is 0 Å². The van der Waals surface area contributed by atoms with Crippen molar-refractivity contribution in [2.24, 2.45) is 4.99 Å². The number of aliphatic imine (C=N–C) groups is 1. The van der Waals surface area contributed by atoms with Crippen LogP contribution in [0.4, 0.5) is 15.0 Å². The number of fused-ring (bicyclic) bond motifs is 3. The third-order valence-electron chi connectivity index (χ3n) is 4.43. The molecule has 0 bridgehead atoms. The van der Waals surface area contributed by atoms with E-state index < -0.39 is 5.54 Å². The van der Waals surface area contributed by atoms with Crippen LogP contribution in [0.3, 0.4) is 0 Å². The quantitative estimate of drug-likeness (QED) is 0.878. The lowest BCUT2D eigenvalue weighted by molar-refractivity contribution is -0.121. The molecule has 0 spiro atoms. The molecule has 28 heavy (non-hydrogen) atoms. The van der Waals surface area contributed by atoms with Crippen LogP contribution in [0.5, 0.6) is 0 Å². The molecule has 0 saturated carbocycles. The van der Waals surface area contributed by atoms with Gasteiger partial charge in [-0.25, -0.2) is 13.9 Å². The van der Waals surface area contributed by atoms with Gasteiger partial charge in [0.1, 0.15) is 18.2 Å². The Hall–Kier alpha value is -3.23. The predicted octanol–water partition coefficient (Wildman–Crippen LogP) is 1.93. The Labute approximate surface area is 161 Å². The molecule has 146 valence electrons. The summed E-state index contributed by atoms with van der Waals surface area (Å²) >= 11 is 0. The number of nitrogens with zero attached hydrogens (tertiary/aromatic N) is 5. The zero-order valence-corrected chi connectivity index (χ0v) is 15.9. The molecule has 0 unspecified atom stereocenters. The summed E-state index contributed by atoms with van der Waals surface area (Å²) in [6, 6.07) is 5.47. The van der Waals surface area contributed by atoms with E-state index in [4.69, 9.17) is 0 Å². The minimum Gasteiger partial charge on any atom is -0.350 e. The number of amidine groups is 1. The van der Waals surface area contributed by atoms with Gasteiger partial charge in [0.2, 0.25) is 5.91 Å². The minimum absolute atomic E-state index is 0.153. The van der Waals surface area contributed by atoms with Gasteiger partial charge in [-0.3, -0.25) is 19.6 Å². The van der Waals surface area contributed by atoms with Crippen LogP contribution in [0.25, 0.3) is 5.69 Å². The van der Waals surface area contributed by atoms with Gasteiger partial charge in [0.25, 0.3) is 0 Å². The molecule has 0 radical (unpaired) electrons. The molecule has 0 fully saturated rings. The van der Waals surface area contributed by atoms with E-state index >= 15 is 0 Å². The molecule has 3 heterocycles. The second-order valence-corrected chi connectivity index (χ2v) is 7.79. The number of hydrogen-bond donors (Lipinski definition) is 1. The van der Waals surface area contributed by atoms with Gasteiger partial charge < -0.3 is 5.32 Å². The Kier molecular flexibility index (Phi) is 4.17. The fraction of sp³-hybridized carbons (Fsp3) is 0.368. The number of amides is 3. The molecule has 4 rings (SSSR count). The van der Waals surface area contributed by atoms with Crippen LogP contribution >= 0.6 is 0 Å². The third kappa shape index (κ3) is 3.12. The fourth-order valence-corrected chi connectivity index (χ4v) is 3.37. The SMILES string of the molecule is CC(C)(C)NC(=O)CN1C(=O)N2CCN=C2c2cnn(-c3ccc(F)cc3)c21. The van der Waals surface area contributed by atoms with E-state index in [-0.39, 0.29) is 24.3 Å². The number of benzene rings is 1. The Morgan fingerprint density at radius 3 is 2.64 bits per heavy atom. The zero-order valence-electron chi connectivity index (χ0n) is 15.9. The first-order chi connectivity index (χ1) is 13.2. The molecular formula is C19H21FN6O2. The molecule has 0 aliphatic carbocycles. The lowest BCUT2D eigenvalue weighted by Gasteiger charge is -2.34. The normalized spacial score (nSPS) is 16.0. The van der Waals surface area contributed by atoms with Gasteiger partial charge in [0.15, 0.2) is 5.82 Å². The van der Waals surface area contributed by atoms with Crippen LogP contribution in [0.2, 0.25) is 0 Å². The van der Waals surface area contributed by atoms with Crippen molar-refractivity contribution in [1.29, 1.82) is 0 Å². The highest BCUT2D eigenvalue weighted by Gasteiger charge is 2.41. The predicted molar refractivity (Wildman–Crippen MR) is 102 cm³/mol. The van der Waals surface area contributed by atoms with Crippen LogP contribution < -0.4 is 10.2 Å². The average molecular weight is 384 g/mol. The monoisotopic (exact) mass is 384 g/mol. The first-order valence-electron chi connectivity index (χ1n) is 9.03. The Bertz CT molecular complexity index is 973. The van der Waals surface area contributed by atoms with Gasteiger partial charge in [-0.05, 0) is 45.0 Å². The summed E-state index contributed by atoms with van der Waals surface area (Å²) in [6.45, 7) is 6.45. The van der Waals surface area contributed by atoms with Crippen molar-refractivity contribution >= 4 is 23.6 Å². The summed E-state index contributed by atoms with van der Waals surface area (Å²) in [7, 11) is 0. The maximum atomic E-state index is 13.3. The van der Waals surface area contributed by atoms with E-state index in [9.17, 15) is 14.0 Å². The minimum atomic E-state index is -0.420. The van der Waals surface area contributed by atoms with Gasteiger partial charge in [0.05, 0.1) is 24.0 Å². The van der Waals surface area contributed by atoms with Crippen LogP contribution in [-0.2, 0) is 4.79 Å². The van der Waals surface area contributed by atoms with Crippen molar-refractivity contribution in [2.75, 3.05) is 24.5 Å². The Morgan fingerprint density at radius 2 is 1.96 bits per heavy atom. The van der Waals surface area contributed by atoms with Gasteiger partial charge >= 0.3 is 6.03 Å². The van der Waals surface area contributed by atoms with Crippen LogP contribution in [-0.4, -0.2) is 57.6 Å². The smallest absolute Gasteiger partial charge is 0.331 e. The molecule has 2 aliphatic rings. The molecular weight excluding hydrogens is 363 g/mol. The van der Waals surface area contributed by atoms with E-state index in [1.807, 2.05) is 20.8 Å². The van der Waals surface area contributed by atoms with Crippen molar-refractivity contribution in [1.82, 2.24) is 20.0 Å². The Morgan fingerprint density at radius 1 is 1.25 bits per heavy atom. The molecule has 3 amide bonds. The van der Waals surface area contributed by atoms with Crippen LogP contribution in [0.15, 0.2) is 35.5 Å². The van der Waals surface area contributed by atoms with Crippen molar-refractivity contribution in [2.45, 2.75) is 26.3 Å². The number of aromatic nitrogens is 2. The molecule has 1 aromatic heterocycles. The number of rotatable bonds is 3. The highest BCUT2D eigenvalue weighted by atomic mass is 19.1. The van der Waals surface area contributed by atoms with Crippen LogP contribution in [0.1, 0.15) is 26.3 Å². The van der Waals surface area contributed by atoms with E-state index in [2.05, 4.69) is 15.4 Å². The standard InChI is InChI=1S/C19H21FN6O2/c1-19(2,3)23-15(27)11-25-17-14(16-21-8-9-24(16)18(25)28)10-22-26(17)13-6-4-12(20)5-7-13/h4-7,10H,8-9,11H2,1-3H3,(H,23,27). The maximum Gasteiger partial charge on any atom is 0.331 e. The van der Waals surface area contributed by atoms with E-state index in [1.54, 1.807) is 23.2 Å². The summed E-state index contributed by atoms with van der Waals surface area (Å²) in [5.41, 5.74) is 0.838. The summed E-state index contributed by atoms with van der Waals surface area (Å²) in [5, 5.41) is 7.26. The number of carbonyl (C=O) groups excluding carboxylic acids is 2. The van der Waals surface area contributed by atoms with Gasteiger partial charge in [-0.2, -0.15) is 5.10 Å². The number of halogens is 1. The Balaban J connectivity index is 1.78. The summed E-state index contributed by atoms with van der Waals surface area (Å²) in [5.74, 6) is 0.366. The highest BCUT2D eigenvalue weighted by Crippen LogP contribution is 2.32. The maximum absolute atomic E-state index is 13.3. The lowest BCUT2D eigenvalue weighted by Crippen LogP contribution is -2.54. The molecule has 2 aromatic rings. The summed E-state index contributed by atoms with van der Waals surface area (Å²) < 4.78 is 14.9. The van der Waals surface area contributed by atoms with Gasteiger partial charge in [-0.15, -0.1) is 0 Å². The van der Waals surface area contributed by atoms with Crippen molar-refractivity contribution < 1.29 is 14.0 Å². The van der Waals surface area contributed by atoms with Crippen molar-refractivity contribution in [3.8, 4) is 5.69 Å². The summed E-state index contributed by atoms with van der Waals surface area (Å²) in [4.78, 5) is 33.0. The second kappa shape index (κ2) is 6.43. The number of anilines is 1. The molecule has 2 aliphatic heterocycles. The first-order valence-corrected chi connectivity index (χ1v) is 9.03. The number of hydrogen-bond acceptors (Lipinski definition) is 4. The van der Waals surface area contributed by atoms with Crippen molar-refractivity contribution in [3.05, 3.63) is 41.8 Å². The number of urea groups is 1. The van der Waals surface area contributed by atoms with Crippen molar-refractivity contribution in [3.63, 3.8) is 0 Å². The number of nitrogens with one attached hydrogen (secondary N) is 1. The molecule has 1 N–H and O–H groups in total. The van der Waals surface area contributed by atoms with Crippen LogP contribution in [0, 0.1) is 5.82 Å². The lowest BCUT2D eigenvalue weighted by atomic mass is 10.1. The average Bonchev–Trinajstić information content (AvgIpc) is 3.24. The third-order valence-corrected chi connectivity index (χ3v) is 4.43. The fourth-order valence-electron chi connectivity index (χ4n) is 3.37. The van der Waals surface area contributed by atoms with E-state index in [1.165, 1.54) is 21.7 Å². The molecule has 0 saturated heterocycles. The molecule has 9 heteroatoms. The molecule has 0 atom stereocenters. The van der Waals surface area contributed by atoms with Gasteiger partial charge in [0, 0.05) is 12.1 Å². The number of carbonyl (C=O) groups is 2. The molecule has 8 nitrogen and oxygen atoms in total. The molecule has 1 aromatic carbocycles. The largest absolute Gasteiger partial charge is 0.350 e. The first kappa shape index (κ1) is 18.1. The van der Waals surface area contributed by atoms with E-state index in [0.29, 0.717) is 36.0 Å². The highest BCUT2D eigenvalue weighted by molar-refractivity contribution is 6.20.